The van der Waals surface area contributed by atoms with Gasteiger partial charge >= 0.3 is 5.97 Å². The van der Waals surface area contributed by atoms with Crippen molar-refractivity contribution in [3.63, 3.8) is 0 Å². The molecule has 0 fully saturated rings. The van der Waals surface area contributed by atoms with Crippen LogP contribution >= 0.6 is 23.2 Å². The second-order valence-electron chi connectivity index (χ2n) is 2.39. The molecular weight excluding hydrogens is 225 g/mol. The topological polar surface area (TPSA) is 50.1 Å². The molecule has 0 aliphatic heterocycles. The van der Waals surface area contributed by atoms with E-state index in [4.69, 9.17) is 28.5 Å². The van der Waals surface area contributed by atoms with Crippen LogP contribution in [0.25, 0.3) is 0 Å². The maximum atomic E-state index is 11.2. The van der Waals surface area contributed by atoms with Crippen LogP contribution in [0.1, 0.15) is 15.9 Å². The van der Waals surface area contributed by atoms with E-state index in [9.17, 15) is 4.79 Å². The fourth-order valence-corrected chi connectivity index (χ4v) is 1.34. The summed E-state index contributed by atoms with van der Waals surface area (Å²) in [6.07, 6.45) is 0. The number of methoxy groups -OCH3 is 1. The van der Waals surface area contributed by atoms with Gasteiger partial charge in [-0.05, 0) is 12.1 Å². The summed E-state index contributed by atoms with van der Waals surface area (Å²) >= 11 is 11.5. The summed E-state index contributed by atoms with van der Waals surface area (Å²) in [7, 11) is 1.21. The third-order valence-corrected chi connectivity index (χ3v) is 2.41. The first-order valence-corrected chi connectivity index (χ1v) is 4.33. The van der Waals surface area contributed by atoms with Gasteiger partial charge in [0.2, 0.25) is 0 Å². The molecule has 72 valence electrons. The molecule has 0 aliphatic carbocycles. The van der Waals surface area contributed by atoms with Crippen LogP contribution in [0, 0.1) is 11.3 Å². The fourth-order valence-electron chi connectivity index (χ4n) is 0.945. The van der Waals surface area contributed by atoms with Crippen molar-refractivity contribution in [3.05, 3.63) is 33.3 Å². The van der Waals surface area contributed by atoms with Gasteiger partial charge < -0.3 is 4.74 Å². The molecular formula is C9H5Cl2NO2. The first kappa shape index (κ1) is 10.8. The molecule has 0 amide bonds. The highest BCUT2D eigenvalue weighted by Crippen LogP contribution is 2.28. The molecule has 1 rings (SSSR count). The molecule has 1 aromatic carbocycles. The summed E-state index contributed by atoms with van der Waals surface area (Å²) in [6.45, 7) is 0. The predicted molar refractivity (Wildman–Crippen MR) is 52.5 cm³/mol. The van der Waals surface area contributed by atoms with Gasteiger partial charge in [-0.1, -0.05) is 23.2 Å². The maximum absolute atomic E-state index is 11.2. The number of hydrogen-bond acceptors (Lipinski definition) is 3. The van der Waals surface area contributed by atoms with Gasteiger partial charge in [0.15, 0.2) is 0 Å². The second-order valence-corrected chi connectivity index (χ2v) is 3.17. The molecule has 0 saturated carbocycles. The van der Waals surface area contributed by atoms with E-state index in [2.05, 4.69) is 4.74 Å². The van der Waals surface area contributed by atoms with E-state index in [1.165, 1.54) is 19.2 Å². The Morgan fingerprint density at radius 1 is 1.50 bits per heavy atom. The van der Waals surface area contributed by atoms with Crippen molar-refractivity contribution >= 4 is 29.2 Å². The van der Waals surface area contributed by atoms with Crippen molar-refractivity contribution in [2.45, 2.75) is 0 Å². The van der Waals surface area contributed by atoms with E-state index < -0.39 is 5.97 Å². The van der Waals surface area contributed by atoms with Crippen LogP contribution in [0.2, 0.25) is 10.0 Å². The summed E-state index contributed by atoms with van der Waals surface area (Å²) < 4.78 is 4.48. The zero-order chi connectivity index (χ0) is 10.7. The number of carbonyl (C=O) groups is 1. The van der Waals surface area contributed by atoms with Crippen molar-refractivity contribution in [2.24, 2.45) is 0 Å². The van der Waals surface area contributed by atoms with Crippen LogP contribution in [-0.2, 0) is 4.74 Å². The smallest absolute Gasteiger partial charge is 0.340 e. The lowest BCUT2D eigenvalue weighted by Gasteiger charge is -2.05. The minimum Gasteiger partial charge on any atom is -0.465 e. The summed E-state index contributed by atoms with van der Waals surface area (Å²) in [5.74, 6) is -0.672. The Bertz CT molecular complexity index is 424. The van der Waals surface area contributed by atoms with Crippen molar-refractivity contribution in [3.8, 4) is 6.07 Å². The minimum absolute atomic E-state index is 0.00386. The molecule has 0 aliphatic rings. The molecule has 3 nitrogen and oxygen atoms in total. The SMILES string of the molecule is COC(=O)c1c(C#N)ccc(Cl)c1Cl. The number of hydrogen-bond donors (Lipinski definition) is 0. The van der Waals surface area contributed by atoms with E-state index in [1.807, 2.05) is 6.07 Å². The van der Waals surface area contributed by atoms with Gasteiger partial charge in [0.1, 0.15) is 6.07 Å². The standard InChI is InChI=1S/C9H5Cl2NO2/c1-14-9(13)7-5(4-12)2-3-6(10)8(7)11/h2-3H,1H3. The lowest BCUT2D eigenvalue weighted by molar-refractivity contribution is 0.0600. The number of esters is 1. The number of nitrogens with zero attached hydrogens (tertiary/aromatic N) is 1. The molecule has 0 radical (unpaired) electrons. The fraction of sp³-hybridized carbons (Fsp3) is 0.111. The Morgan fingerprint density at radius 2 is 2.14 bits per heavy atom. The Kier molecular flexibility index (Phi) is 3.34. The van der Waals surface area contributed by atoms with Crippen LogP contribution < -0.4 is 0 Å². The number of halogens is 2. The van der Waals surface area contributed by atoms with Crippen LogP contribution in [0.5, 0.6) is 0 Å². The Labute approximate surface area is 90.8 Å². The van der Waals surface area contributed by atoms with Crippen LogP contribution in [0.3, 0.4) is 0 Å². The summed E-state index contributed by atoms with van der Waals surface area (Å²) in [6, 6.07) is 4.71. The molecule has 5 heteroatoms. The zero-order valence-corrected chi connectivity index (χ0v) is 8.69. The first-order chi connectivity index (χ1) is 6.61. The average Bonchev–Trinajstić information content (AvgIpc) is 2.20. The Balaban J connectivity index is 3.45. The van der Waals surface area contributed by atoms with E-state index in [0.29, 0.717) is 0 Å². The number of nitriles is 1. The van der Waals surface area contributed by atoms with Crippen molar-refractivity contribution < 1.29 is 9.53 Å². The largest absolute Gasteiger partial charge is 0.465 e. The minimum atomic E-state index is -0.672. The molecule has 0 N–H and O–H groups in total. The highest BCUT2D eigenvalue weighted by atomic mass is 35.5. The molecule has 0 bridgehead atoms. The molecule has 0 spiro atoms. The van der Waals surface area contributed by atoms with Crippen molar-refractivity contribution in [2.75, 3.05) is 7.11 Å². The Morgan fingerprint density at radius 3 is 2.64 bits per heavy atom. The molecule has 14 heavy (non-hydrogen) atoms. The van der Waals surface area contributed by atoms with E-state index in [-0.39, 0.29) is 21.2 Å². The zero-order valence-electron chi connectivity index (χ0n) is 7.17. The number of rotatable bonds is 1. The van der Waals surface area contributed by atoms with Crippen LogP contribution in [0.4, 0.5) is 0 Å². The molecule has 0 heterocycles. The third-order valence-electron chi connectivity index (χ3n) is 1.60. The Hall–Kier alpha value is -1.24. The number of carbonyl (C=O) groups excluding carboxylic acids is 1. The molecule has 1 aromatic rings. The van der Waals surface area contributed by atoms with Gasteiger partial charge in [0.05, 0.1) is 28.3 Å². The highest BCUT2D eigenvalue weighted by molar-refractivity contribution is 6.43. The average molecular weight is 230 g/mol. The molecule has 0 aromatic heterocycles. The molecule has 0 unspecified atom stereocenters. The van der Waals surface area contributed by atoms with E-state index in [0.717, 1.165) is 0 Å². The van der Waals surface area contributed by atoms with Gasteiger partial charge in [0.25, 0.3) is 0 Å². The lowest BCUT2D eigenvalue weighted by atomic mass is 10.1. The van der Waals surface area contributed by atoms with Gasteiger partial charge in [0, 0.05) is 0 Å². The quantitative estimate of drug-likeness (QED) is 0.696. The summed E-state index contributed by atoms with van der Waals surface area (Å²) in [5.41, 5.74) is 0.149. The van der Waals surface area contributed by atoms with Crippen molar-refractivity contribution in [1.29, 1.82) is 5.26 Å². The highest BCUT2D eigenvalue weighted by Gasteiger charge is 2.18. The van der Waals surface area contributed by atoms with Crippen LogP contribution in [0.15, 0.2) is 12.1 Å². The van der Waals surface area contributed by atoms with E-state index in [1.54, 1.807) is 0 Å². The molecule has 0 atom stereocenters. The molecule has 0 saturated heterocycles. The van der Waals surface area contributed by atoms with Gasteiger partial charge in [-0.2, -0.15) is 5.26 Å². The number of ether oxygens (including phenoxy) is 1. The van der Waals surface area contributed by atoms with E-state index >= 15 is 0 Å². The normalized spacial score (nSPS) is 9.29. The first-order valence-electron chi connectivity index (χ1n) is 3.58. The van der Waals surface area contributed by atoms with Gasteiger partial charge in [-0.25, -0.2) is 4.79 Å². The second kappa shape index (κ2) is 4.32. The van der Waals surface area contributed by atoms with Gasteiger partial charge in [-0.3, -0.25) is 0 Å². The van der Waals surface area contributed by atoms with Crippen LogP contribution in [-0.4, -0.2) is 13.1 Å². The lowest BCUT2D eigenvalue weighted by Crippen LogP contribution is -2.05. The number of benzene rings is 1. The van der Waals surface area contributed by atoms with Gasteiger partial charge in [-0.15, -0.1) is 0 Å². The monoisotopic (exact) mass is 229 g/mol. The predicted octanol–water partition coefficient (Wildman–Crippen LogP) is 2.65. The maximum Gasteiger partial charge on any atom is 0.340 e. The van der Waals surface area contributed by atoms with Crippen molar-refractivity contribution in [1.82, 2.24) is 0 Å². The third kappa shape index (κ3) is 1.82. The summed E-state index contributed by atoms with van der Waals surface area (Å²) in [5, 5.41) is 8.97. The summed E-state index contributed by atoms with van der Waals surface area (Å²) in [4.78, 5) is 11.2.